The summed E-state index contributed by atoms with van der Waals surface area (Å²) in [4.78, 5) is 16.6. The third kappa shape index (κ3) is 9.12. The molecule has 0 amide bonds. The summed E-state index contributed by atoms with van der Waals surface area (Å²) in [5.74, 6) is -0.0241. The predicted molar refractivity (Wildman–Crippen MR) is 176 cm³/mol. The summed E-state index contributed by atoms with van der Waals surface area (Å²) in [5, 5.41) is 0.546. The van der Waals surface area contributed by atoms with Crippen molar-refractivity contribution in [1.29, 1.82) is 0 Å². The molecule has 2 N–H and O–H groups in total. The molecule has 3 aromatic rings. The SMILES string of the molecule is COc1ccc(S(=O)(=O)N2CCC[C@H]2C(=O)O[C@@H](Cc2c(Cl)c[nH+]cc2Cl)c2ccc(OC(F)F)c(OCC3CC3)c2)cc1OC.S.[OH-]. The van der Waals surface area contributed by atoms with Crippen LogP contribution in [0.5, 0.6) is 23.0 Å². The number of aromatic amines is 1. The topological polar surface area (TPSA) is 145 Å². The van der Waals surface area contributed by atoms with Gasteiger partial charge in [-0.2, -0.15) is 26.6 Å². The third-order valence-electron chi connectivity index (χ3n) is 7.81. The number of benzene rings is 2. The van der Waals surface area contributed by atoms with E-state index in [1.54, 1.807) is 0 Å². The van der Waals surface area contributed by atoms with Crippen LogP contribution in [0.15, 0.2) is 53.7 Å². The Morgan fingerprint density at radius 3 is 2.27 bits per heavy atom. The molecule has 1 saturated carbocycles. The zero-order valence-corrected chi connectivity index (χ0v) is 29.3. The number of rotatable bonds is 14. The molecule has 0 radical (unpaired) electrons. The van der Waals surface area contributed by atoms with Crippen LogP contribution in [0.2, 0.25) is 10.0 Å². The van der Waals surface area contributed by atoms with E-state index in [2.05, 4.69) is 9.72 Å². The first kappa shape index (κ1) is 39.4. The maximum absolute atomic E-state index is 13.8. The zero-order valence-electron chi connectivity index (χ0n) is 26.0. The highest BCUT2D eigenvalue weighted by Crippen LogP contribution is 2.39. The largest absolute Gasteiger partial charge is 0.870 e. The van der Waals surface area contributed by atoms with E-state index in [-0.39, 0.29) is 70.5 Å². The Kier molecular flexibility index (Phi) is 14.0. The number of alkyl halides is 2. The molecule has 11 nitrogen and oxygen atoms in total. The minimum absolute atomic E-state index is 0. The summed E-state index contributed by atoms with van der Waals surface area (Å²) in [6, 6.07) is 7.31. The molecule has 1 aromatic heterocycles. The van der Waals surface area contributed by atoms with Gasteiger partial charge in [-0.3, -0.25) is 4.79 Å². The van der Waals surface area contributed by atoms with Gasteiger partial charge >= 0.3 is 12.6 Å². The Balaban J connectivity index is 0.00000312. The normalized spacial score (nSPS) is 16.8. The monoisotopic (exact) mass is 752 g/mol. The number of halogens is 4. The Morgan fingerprint density at radius 1 is 0.979 bits per heavy atom. The maximum atomic E-state index is 13.8. The van der Waals surface area contributed by atoms with Gasteiger partial charge in [0.15, 0.2) is 35.4 Å². The molecule has 2 fully saturated rings. The highest BCUT2D eigenvalue weighted by molar-refractivity contribution is 7.89. The second-order valence-electron chi connectivity index (χ2n) is 10.9. The average molecular weight is 754 g/mol. The van der Waals surface area contributed by atoms with Crippen molar-refractivity contribution < 1.29 is 56.1 Å². The smallest absolute Gasteiger partial charge is 0.387 e. The second kappa shape index (κ2) is 17.0. The molecule has 1 aliphatic heterocycles. The number of sulfonamides is 1. The van der Waals surface area contributed by atoms with Crippen molar-refractivity contribution in [3.8, 4) is 23.0 Å². The van der Waals surface area contributed by atoms with Crippen LogP contribution in [0.1, 0.15) is 42.9 Å². The quantitative estimate of drug-likeness (QED) is 0.186. The molecule has 17 heteroatoms. The zero-order chi connectivity index (χ0) is 33.0. The number of pyridine rings is 1. The number of nitrogens with one attached hydrogen (secondary N) is 1. The van der Waals surface area contributed by atoms with Crippen LogP contribution in [0, 0.1) is 5.92 Å². The lowest BCUT2D eigenvalue weighted by Crippen LogP contribution is -2.41. The van der Waals surface area contributed by atoms with E-state index in [4.69, 9.17) is 42.1 Å². The fourth-order valence-corrected chi connectivity index (χ4v) is 7.40. The van der Waals surface area contributed by atoms with Gasteiger partial charge in [0.2, 0.25) is 10.0 Å². The molecule has 48 heavy (non-hydrogen) atoms. The minimum atomic E-state index is -4.15. The van der Waals surface area contributed by atoms with E-state index in [9.17, 15) is 22.0 Å². The first-order valence-corrected chi connectivity index (χ1v) is 16.7. The molecule has 0 bridgehead atoms. The summed E-state index contributed by atoms with van der Waals surface area (Å²) in [5.41, 5.74) is 0.836. The molecule has 0 spiro atoms. The highest BCUT2D eigenvalue weighted by Gasteiger charge is 2.42. The average Bonchev–Trinajstić information content (AvgIpc) is 3.72. The maximum Gasteiger partial charge on any atom is 0.387 e. The Morgan fingerprint density at radius 2 is 1.65 bits per heavy atom. The number of nitrogens with zero attached hydrogens (tertiary/aromatic N) is 1. The Hall–Kier alpha value is -3.08. The van der Waals surface area contributed by atoms with Crippen LogP contribution in [0.3, 0.4) is 0 Å². The summed E-state index contributed by atoms with van der Waals surface area (Å²) >= 11 is 12.9. The van der Waals surface area contributed by atoms with Crippen molar-refractivity contribution >= 4 is 52.7 Å². The van der Waals surface area contributed by atoms with E-state index < -0.39 is 34.7 Å². The number of esters is 1. The molecule has 1 aliphatic carbocycles. The first-order chi connectivity index (χ1) is 22.0. The molecule has 2 aliphatic rings. The lowest BCUT2D eigenvalue weighted by molar-refractivity contribution is -0.377. The van der Waals surface area contributed by atoms with Crippen LogP contribution in [0.25, 0.3) is 0 Å². The Labute approximate surface area is 294 Å². The molecule has 5 rings (SSSR count). The molecule has 2 heterocycles. The Bertz CT molecular complexity index is 1660. The van der Waals surface area contributed by atoms with Gasteiger partial charge in [-0.05, 0) is 61.4 Å². The lowest BCUT2D eigenvalue weighted by atomic mass is 10.0. The van der Waals surface area contributed by atoms with Crippen molar-refractivity contribution in [2.75, 3.05) is 27.4 Å². The molecule has 264 valence electrons. The van der Waals surface area contributed by atoms with Gasteiger partial charge in [0.25, 0.3) is 0 Å². The van der Waals surface area contributed by atoms with E-state index in [0.29, 0.717) is 35.8 Å². The number of hydrogen-bond acceptors (Lipinski definition) is 9. The van der Waals surface area contributed by atoms with Crippen LogP contribution in [0.4, 0.5) is 8.78 Å². The second-order valence-corrected chi connectivity index (χ2v) is 13.6. The molecule has 0 unspecified atom stereocenters. The summed E-state index contributed by atoms with van der Waals surface area (Å²) in [6.07, 6.45) is 4.54. The van der Waals surface area contributed by atoms with E-state index in [1.165, 1.54) is 63.0 Å². The minimum Gasteiger partial charge on any atom is -0.870 e. The van der Waals surface area contributed by atoms with E-state index in [1.807, 2.05) is 0 Å². The number of carbonyl (C=O) groups excluding carboxylic acids is 1. The van der Waals surface area contributed by atoms with Gasteiger partial charge in [-0.15, -0.1) is 0 Å². The number of hydrogen-bond donors (Lipinski definition) is 0. The lowest BCUT2D eigenvalue weighted by Gasteiger charge is -2.26. The molecule has 2 atom stereocenters. The van der Waals surface area contributed by atoms with Crippen LogP contribution in [-0.2, 0) is 26.0 Å². The van der Waals surface area contributed by atoms with Gasteiger partial charge in [0.1, 0.15) is 22.2 Å². The standard InChI is InChI=1S/C31H32Cl2F2N2O8S.H2O.H2S/c1-41-25-10-8-20(13-28(25)42-2)46(39,40)37-11-3-4-24(37)30(38)44-27(14-21-22(32)15-36-16-23(21)33)19-7-9-26(45-31(34)35)29(12-19)43-17-18-5-6-18;;/h7-10,12-13,15-16,18,24,27,31H,3-6,11,14,17H2,1-2H3;2*1H2/t24-,27-;;/m0../s1. The summed E-state index contributed by atoms with van der Waals surface area (Å²) < 4.78 is 82.0. The predicted octanol–water partition coefficient (Wildman–Crippen LogP) is 5.83. The number of ether oxygens (including phenoxy) is 5. The fraction of sp³-hybridized carbons (Fsp3) is 0.419. The van der Waals surface area contributed by atoms with Gasteiger partial charge in [0.05, 0.1) is 25.7 Å². The molecular formula is C31H36Cl2F2N2O9S2. The van der Waals surface area contributed by atoms with Crippen LogP contribution in [-0.4, -0.2) is 64.2 Å². The number of methoxy groups -OCH3 is 2. The molecule has 1 saturated heterocycles. The van der Waals surface area contributed by atoms with Gasteiger partial charge < -0.3 is 29.2 Å². The summed E-state index contributed by atoms with van der Waals surface area (Å²) in [7, 11) is -1.33. The third-order valence-corrected chi connectivity index (χ3v) is 10.4. The fourth-order valence-electron chi connectivity index (χ4n) is 5.20. The molecular weight excluding hydrogens is 717 g/mol. The molecule has 2 aromatic carbocycles. The van der Waals surface area contributed by atoms with Crippen LogP contribution < -0.4 is 23.9 Å². The van der Waals surface area contributed by atoms with Crippen molar-refractivity contribution in [3.05, 3.63) is 70.0 Å². The number of H-pyrrole nitrogens is 1. The van der Waals surface area contributed by atoms with Crippen molar-refractivity contribution in [3.63, 3.8) is 0 Å². The highest BCUT2D eigenvalue weighted by atomic mass is 35.5. The first-order valence-electron chi connectivity index (χ1n) is 14.5. The summed E-state index contributed by atoms with van der Waals surface area (Å²) in [6.45, 7) is -2.68. The van der Waals surface area contributed by atoms with Gasteiger partial charge in [-0.1, -0.05) is 29.3 Å². The van der Waals surface area contributed by atoms with Gasteiger partial charge in [-0.25, -0.2) is 13.4 Å². The van der Waals surface area contributed by atoms with E-state index >= 15 is 0 Å². The van der Waals surface area contributed by atoms with Crippen molar-refractivity contribution in [2.45, 2.75) is 55.8 Å². The van der Waals surface area contributed by atoms with Crippen molar-refractivity contribution in [2.24, 2.45) is 5.92 Å². The number of carbonyl (C=O) groups is 1. The van der Waals surface area contributed by atoms with Gasteiger partial charge in [0, 0.05) is 24.6 Å². The van der Waals surface area contributed by atoms with E-state index in [0.717, 1.165) is 17.1 Å². The van der Waals surface area contributed by atoms with Crippen molar-refractivity contribution in [1.82, 2.24) is 4.31 Å². The van der Waals surface area contributed by atoms with Crippen LogP contribution >= 0.6 is 36.7 Å². The number of aromatic nitrogens is 1.